The Labute approximate surface area is 135 Å². The van der Waals surface area contributed by atoms with E-state index in [1.807, 2.05) is 24.3 Å². The molecule has 0 aliphatic carbocycles. The van der Waals surface area contributed by atoms with Crippen LogP contribution in [0.3, 0.4) is 0 Å². The molecule has 0 unspecified atom stereocenters. The van der Waals surface area contributed by atoms with E-state index in [4.69, 9.17) is 0 Å². The van der Waals surface area contributed by atoms with Crippen LogP contribution in [-0.2, 0) is 4.79 Å². The summed E-state index contributed by atoms with van der Waals surface area (Å²) in [5.41, 5.74) is 4.15. The van der Waals surface area contributed by atoms with E-state index in [2.05, 4.69) is 39.2 Å². The molecule has 0 fully saturated rings. The number of para-hydroxylation sites is 2. The molecule has 1 aliphatic heterocycles. The summed E-state index contributed by atoms with van der Waals surface area (Å²) in [6.45, 7) is 0. The van der Waals surface area contributed by atoms with Crippen molar-refractivity contribution in [3.05, 3.63) is 59.1 Å². The van der Waals surface area contributed by atoms with Crippen LogP contribution in [0.25, 0.3) is 49.7 Å². The lowest BCUT2D eigenvalue weighted by Crippen LogP contribution is -2.23. The summed E-state index contributed by atoms with van der Waals surface area (Å²) in [6, 6.07) is 16.3. The molecule has 24 heavy (non-hydrogen) atoms. The van der Waals surface area contributed by atoms with E-state index in [1.54, 1.807) is 6.08 Å². The molecule has 0 spiro atoms. The van der Waals surface area contributed by atoms with Gasteiger partial charge in [-0.1, -0.05) is 36.4 Å². The molecule has 3 aromatic carbocycles. The molecule has 2 aromatic heterocycles. The first-order chi connectivity index (χ1) is 11.8. The molecule has 4 nitrogen and oxygen atoms in total. The van der Waals surface area contributed by atoms with Crippen LogP contribution in [-0.4, -0.2) is 15.9 Å². The second-order valence-corrected chi connectivity index (χ2v) is 6.20. The average molecular weight is 309 g/mol. The van der Waals surface area contributed by atoms with E-state index >= 15 is 0 Å². The summed E-state index contributed by atoms with van der Waals surface area (Å²) < 4.78 is 0. The minimum absolute atomic E-state index is 0.186. The second-order valence-electron chi connectivity index (χ2n) is 6.20. The molecule has 2 N–H and O–H groups in total. The van der Waals surface area contributed by atoms with Crippen molar-refractivity contribution >= 4 is 55.6 Å². The van der Waals surface area contributed by atoms with Crippen LogP contribution in [0.4, 0.5) is 0 Å². The van der Waals surface area contributed by atoms with Gasteiger partial charge in [-0.3, -0.25) is 4.79 Å². The molecule has 5 aromatic rings. The van der Waals surface area contributed by atoms with E-state index < -0.39 is 0 Å². The van der Waals surface area contributed by atoms with Crippen LogP contribution >= 0.6 is 0 Å². The van der Waals surface area contributed by atoms with Crippen molar-refractivity contribution in [1.29, 1.82) is 0 Å². The maximum absolute atomic E-state index is 12.1. The lowest BCUT2D eigenvalue weighted by Gasteiger charge is -1.96. The normalized spacial score (nSPS) is 13.8. The molecule has 4 heteroatoms. The Morgan fingerprint density at radius 2 is 1.33 bits per heavy atom. The van der Waals surface area contributed by atoms with Gasteiger partial charge in [0.05, 0.1) is 16.4 Å². The van der Waals surface area contributed by atoms with Crippen LogP contribution in [0.2, 0.25) is 0 Å². The van der Waals surface area contributed by atoms with E-state index in [-0.39, 0.29) is 5.91 Å². The molecule has 6 rings (SSSR count). The Bertz CT molecular complexity index is 1360. The number of hydrogen-bond donors (Lipinski definition) is 2. The number of carbonyl (C=O) groups excluding carboxylic acids is 1. The zero-order chi connectivity index (χ0) is 15.8. The molecule has 1 aliphatic rings. The highest BCUT2D eigenvalue weighted by molar-refractivity contribution is 6.24. The van der Waals surface area contributed by atoms with E-state index in [9.17, 15) is 4.79 Å². The summed E-state index contributed by atoms with van der Waals surface area (Å²) in [6.07, 6.45) is 1.65. The molecule has 0 radical (unpaired) electrons. The number of carbonyl (C=O) groups is 1. The minimum Gasteiger partial charge on any atom is -0.353 e. The van der Waals surface area contributed by atoms with E-state index in [1.165, 1.54) is 0 Å². The van der Waals surface area contributed by atoms with Crippen LogP contribution in [0.15, 0.2) is 53.5 Å². The molecular formula is C20H11N3O. The molecule has 3 heterocycles. The van der Waals surface area contributed by atoms with Gasteiger partial charge in [0.1, 0.15) is 0 Å². The number of rotatable bonds is 0. The van der Waals surface area contributed by atoms with E-state index in [0.29, 0.717) is 0 Å². The number of benzene rings is 3. The van der Waals surface area contributed by atoms with Gasteiger partial charge in [-0.25, -0.2) is 4.99 Å². The highest BCUT2D eigenvalue weighted by atomic mass is 16.1. The second kappa shape index (κ2) is 3.92. The number of fused-ring (bicyclic) bond motifs is 10. The van der Waals surface area contributed by atoms with E-state index in [0.717, 1.165) is 54.2 Å². The van der Waals surface area contributed by atoms with Gasteiger partial charge >= 0.3 is 0 Å². The number of amides is 1. The van der Waals surface area contributed by atoms with Gasteiger partial charge < -0.3 is 9.97 Å². The molecule has 112 valence electrons. The first-order valence-corrected chi connectivity index (χ1v) is 7.88. The third kappa shape index (κ3) is 1.30. The lowest BCUT2D eigenvalue weighted by molar-refractivity contribution is -0.112. The molecule has 0 saturated heterocycles. The number of H-pyrrole nitrogens is 2. The Morgan fingerprint density at radius 1 is 0.750 bits per heavy atom. The number of nitrogens with one attached hydrogen (secondary N) is 2. The van der Waals surface area contributed by atoms with Crippen LogP contribution in [0, 0.1) is 0 Å². The van der Waals surface area contributed by atoms with Crippen molar-refractivity contribution in [1.82, 2.24) is 9.97 Å². The smallest absolute Gasteiger partial charge is 0.270 e. The Morgan fingerprint density at radius 3 is 2.04 bits per heavy atom. The van der Waals surface area contributed by atoms with Gasteiger partial charge in [0, 0.05) is 43.9 Å². The van der Waals surface area contributed by atoms with Gasteiger partial charge in [-0.05, 0) is 12.1 Å². The number of nitrogens with zero attached hydrogens (tertiary/aromatic N) is 1. The van der Waals surface area contributed by atoms with Crippen LogP contribution in [0.5, 0.6) is 0 Å². The van der Waals surface area contributed by atoms with Gasteiger partial charge in [0.2, 0.25) is 0 Å². The first kappa shape index (κ1) is 12.1. The van der Waals surface area contributed by atoms with Gasteiger partial charge in [0.15, 0.2) is 0 Å². The summed E-state index contributed by atoms with van der Waals surface area (Å²) >= 11 is 0. The fourth-order valence-corrected chi connectivity index (χ4v) is 3.96. The third-order valence-electron chi connectivity index (χ3n) is 4.91. The number of aromatic amines is 2. The van der Waals surface area contributed by atoms with Crippen molar-refractivity contribution in [2.75, 3.05) is 0 Å². The topological polar surface area (TPSA) is 61.0 Å². The molecular weight excluding hydrogens is 298 g/mol. The Balaban J connectivity index is 2.09. The van der Waals surface area contributed by atoms with Gasteiger partial charge in [-0.2, -0.15) is 0 Å². The standard InChI is InChI=1S/C20H11N3O/c24-15-9-12-16-10-5-1-3-7-13(10)21-19(16)20-17(18(12)23-15)11-6-2-4-8-14(11)22-20/h1-9,21-22H. The maximum Gasteiger partial charge on any atom is 0.270 e. The van der Waals surface area contributed by atoms with Crippen LogP contribution in [0.1, 0.15) is 0 Å². The highest BCUT2D eigenvalue weighted by Gasteiger charge is 2.19. The SMILES string of the molecule is O=C1C=c2c(c3c4ccccc4[nH]c3c3[nH]c4ccccc4c23)=N1. The zero-order valence-corrected chi connectivity index (χ0v) is 12.6. The highest BCUT2D eigenvalue weighted by Crippen LogP contribution is 2.30. The average Bonchev–Trinajstić information content (AvgIpc) is 3.25. The first-order valence-electron chi connectivity index (χ1n) is 7.88. The monoisotopic (exact) mass is 309 g/mol. The fraction of sp³-hybridized carbons (Fsp3) is 0. The third-order valence-corrected chi connectivity index (χ3v) is 4.91. The molecule has 0 bridgehead atoms. The van der Waals surface area contributed by atoms with Crippen LogP contribution < -0.4 is 10.6 Å². The summed E-state index contributed by atoms with van der Waals surface area (Å²) in [7, 11) is 0. The largest absolute Gasteiger partial charge is 0.353 e. The van der Waals surface area contributed by atoms with Crippen molar-refractivity contribution in [2.24, 2.45) is 4.99 Å². The van der Waals surface area contributed by atoms with Crippen molar-refractivity contribution in [2.45, 2.75) is 0 Å². The van der Waals surface area contributed by atoms with Crippen molar-refractivity contribution < 1.29 is 4.79 Å². The zero-order valence-electron chi connectivity index (χ0n) is 12.6. The predicted molar refractivity (Wildman–Crippen MR) is 95.4 cm³/mol. The number of hydrogen-bond acceptors (Lipinski definition) is 1. The van der Waals surface area contributed by atoms with Gasteiger partial charge in [0.25, 0.3) is 5.91 Å². The molecule has 1 amide bonds. The van der Waals surface area contributed by atoms with Crippen molar-refractivity contribution in [3.8, 4) is 0 Å². The maximum atomic E-state index is 12.1. The quantitative estimate of drug-likeness (QED) is 0.454. The predicted octanol–water partition coefficient (Wildman–Crippen LogP) is 2.90. The summed E-state index contributed by atoms with van der Waals surface area (Å²) in [5.74, 6) is -0.186. The van der Waals surface area contributed by atoms with Gasteiger partial charge in [-0.15, -0.1) is 0 Å². The fourth-order valence-electron chi connectivity index (χ4n) is 3.96. The Kier molecular flexibility index (Phi) is 1.97. The van der Waals surface area contributed by atoms with Crippen molar-refractivity contribution in [3.63, 3.8) is 0 Å². The summed E-state index contributed by atoms with van der Waals surface area (Å²) in [4.78, 5) is 23.4. The number of aromatic nitrogens is 2. The minimum atomic E-state index is -0.186. The Hall–Kier alpha value is -3.40. The lowest BCUT2D eigenvalue weighted by atomic mass is 10.1. The summed E-state index contributed by atoms with van der Waals surface area (Å²) in [5, 5.41) is 5.99. The molecule has 0 saturated carbocycles. The molecule has 0 atom stereocenters.